The molecule has 3 atom stereocenters. The molecule has 7 nitrogen and oxygen atoms in total. The number of nitro benzene ring substituents is 1. The largest absolute Gasteiger partial charge is 0.379 e. The molecule has 218 valence electrons. The van der Waals surface area contributed by atoms with Crippen LogP contribution in [0.5, 0.6) is 0 Å². The molecule has 0 spiro atoms. The molecule has 0 amide bonds. The van der Waals surface area contributed by atoms with E-state index in [0.717, 1.165) is 31.9 Å². The molecule has 2 aliphatic carbocycles. The quantitative estimate of drug-likeness (QED) is 0.210. The zero-order valence-electron chi connectivity index (χ0n) is 24.7. The number of rotatable bonds is 8. The van der Waals surface area contributed by atoms with Crippen LogP contribution in [0.3, 0.4) is 0 Å². The molecule has 0 aliphatic heterocycles. The molecule has 0 heterocycles. The average Bonchev–Trinajstić information content (AvgIpc) is 2.90. The highest BCUT2D eigenvalue weighted by molar-refractivity contribution is 7.92. The first-order valence-electron chi connectivity index (χ1n) is 14.5. The third kappa shape index (κ3) is 5.85. The van der Waals surface area contributed by atoms with Crippen LogP contribution in [0.15, 0.2) is 60.7 Å². The molecule has 8 heteroatoms. The predicted molar refractivity (Wildman–Crippen MR) is 167 cm³/mol. The van der Waals surface area contributed by atoms with E-state index in [1.807, 2.05) is 12.1 Å². The molecule has 3 aromatic rings. The summed E-state index contributed by atoms with van der Waals surface area (Å²) in [5.74, 6) is 0.999. The van der Waals surface area contributed by atoms with Gasteiger partial charge in [0.1, 0.15) is 5.69 Å². The standard InChI is InChI=1S/C33H41N3O4S/c1-22(2)23-10-13-28-26(18-23)12-15-31-32(3,16-7-17-33(28,31)4)21-34-29-14-11-25(20-30(29)36(37)38)24-8-6-9-27(19-24)35-41(5,39)40/h6,8-11,13-14,18-20,22,31,34-35H,7,12,15-17,21H2,1-5H3/t31-,32+,33+/m0/s1. The maximum atomic E-state index is 12.2. The van der Waals surface area contributed by atoms with Crippen molar-refractivity contribution in [2.75, 3.05) is 22.8 Å². The zero-order valence-corrected chi connectivity index (χ0v) is 25.5. The van der Waals surface area contributed by atoms with Crippen molar-refractivity contribution < 1.29 is 13.3 Å². The lowest BCUT2D eigenvalue weighted by molar-refractivity contribution is -0.383. The summed E-state index contributed by atoms with van der Waals surface area (Å²) in [4.78, 5) is 11.8. The monoisotopic (exact) mass is 575 g/mol. The van der Waals surface area contributed by atoms with E-state index in [4.69, 9.17) is 0 Å². The molecule has 1 saturated carbocycles. The summed E-state index contributed by atoms with van der Waals surface area (Å²) in [5.41, 5.74) is 6.78. The van der Waals surface area contributed by atoms with Gasteiger partial charge < -0.3 is 5.32 Å². The van der Waals surface area contributed by atoms with Gasteiger partial charge in [0.15, 0.2) is 0 Å². The number of benzene rings is 3. The van der Waals surface area contributed by atoms with E-state index in [2.05, 4.69) is 55.9 Å². The molecule has 0 radical (unpaired) electrons. The van der Waals surface area contributed by atoms with E-state index < -0.39 is 10.0 Å². The lowest BCUT2D eigenvalue weighted by Gasteiger charge is -2.55. The molecule has 3 aromatic carbocycles. The van der Waals surface area contributed by atoms with E-state index >= 15 is 0 Å². The van der Waals surface area contributed by atoms with E-state index in [-0.39, 0.29) is 21.4 Å². The number of nitrogens with zero attached hydrogens (tertiary/aromatic N) is 1. The van der Waals surface area contributed by atoms with Crippen LogP contribution < -0.4 is 10.0 Å². The highest BCUT2D eigenvalue weighted by Crippen LogP contribution is 2.57. The molecule has 2 aliphatic rings. The molecular weight excluding hydrogens is 534 g/mol. The number of aryl methyl sites for hydroxylation is 1. The Bertz CT molecular complexity index is 1590. The van der Waals surface area contributed by atoms with Crippen LogP contribution >= 0.6 is 0 Å². The second kappa shape index (κ2) is 10.8. The molecule has 0 unspecified atom stereocenters. The maximum absolute atomic E-state index is 12.2. The third-order valence-corrected chi connectivity index (χ3v) is 10.2. The Morgan fingerprint density at radius 1 is 1.02 bits per heavy atom. The van der Waals surface area contributed by atoms with Gasteiger partial charge in [-0.2, -0.15) is 0 Å². The fourth-order valence-corrected chi connectivity index (χ4v) is 8.05. The highest BCUT2D eigenvalue weighted by atomic mass is 32.2. The Labute approximate surface area is 244 Å². The minimum atomic E-state index is -3.43. The van der Waals surface area contributed by atoms with Crippen molar-refractivity contribution in [3.8, 4) is 11.1 Å². The molecule has 41 heavy (non-hydrogen) atoms. The van der Waals surface area contributed by atoms with Gasteiger partial charge in [0.25, 0.3) is 5.69 Å². The van der Waals surface area contributed by atoms with Crippen molar-refractivity contribution in [3.63, 3.8) is 0 Å². The molecule has 0 saturated heterocycles. The van der Waals surface area contributed by atoms with E-state index in [1.54, 1.807) is 30.3 Å². The van der Waals surface area contributed by atoms with Gasteiger partial charge in [-0.15, -0.1) is 0 Å². The van der Waals surface area contributed by atoms with Crippen molar-refractivity contribution >= 4 is 27.1 Å². The third-order valence-electron chi connectivity index (χ3n) is 9.54. The second-order valence-corrected chi connectivity index (χ2v) is 14.6. The normalized spacial score (nSPS) is 23.9. The Balaban J connectivity index is 1.39. The van der Waals surface area contributed by atoms with Crippen LogP contribution in [0.25, 0.3) is 11.1 Å². The predicted octanol–water partition coefficient (Wildman–Crippen LogP) is 7.88. The van der Waals surface area contributed by atoms with Crippen molar-refractivity contribution in [3.05, 3.63) is 87.5 Å². The van der Waals surface area contributed by atoms with E-state index in [1.165, 1.54) is 23.1 Å². The number of fused-ring (bicyclic) bond motifs is 3. The summed E-state index contributed by atoms with van der Waals surface area (Å²) in [6.45, 7) is 9.96. The first kappa shape index (κ1) is 29.1. The summed E-state index contributed by atoms with van der Waals surface area (Å²) in [7, 11) is -3.43. The number of hydrogen-bond acceptors (Lipinski definition) is 5. The van der Waals surface area contributed by atoms with Crippen LogP contribution in [-0.4, -0.2) is 26.1 Å². The SMILES string of the molecule is CC(C)c1ccc2c(c1)CC[C@H]1[C@@](C)(CNc3ccc(-c4cccc(NS(C)(=O)=O)c4)cc3[N+](=O)[O-])CCC[C@]21C. The van der Waals surface area contributed by atoms with Gasteiger partial charge in [-0.1, -0.05) is 70.5 Å². The lowest BCUT2D eigenvalue weighted by atomic mass is 9.49. The number of nitrogens with one attached hydrogen (secondary N) is 2. The van der Waals surface area contributed by atoms with Gasteiger partial charge in [0.05, 0.1) is 11.2 Å². The first-order chi connectivity index (χ1) is 19.3. The first-order valence-corrected chi connectivity index (χ1v) is 16.4. The van der Waals surface area contributed by atoms with Crippen LogP contribution in [-0.2, 0) is 21.9 Å². The van der Waals surface area contributed by atoms with E-state index in [0.29, 0.717) is 40.9 Å². The highest BCUT2D eigenvalue weighted by Gasteiger charge is 2.51. The van der Waals surface area contributed by atoms with E-state index in [9.17, 15) is 18.5 Å². The molecule has 0 bridgehead atoms. The zero-order chi connectivity index (χ0) is 29.6. The second-order valence-electron chi connectivity index (χ2n) is 12.9. The number of nitro groups is 1. The Kier molecular flexibility index (Phi) is 7.66. The van der Waals surface area contributed by atoms with Crippen molar-refractivity contribution in [1.29, 1.82) is 0 Å². The summed E-state index contributed by atoms with van der Waals surface area (Å²) in [6, 6.07) is 19.2. The minimum absolute atomic E-state index is 0.000402. The van der Waals surface area contributed by atoms with Gasteiger partial charge >= 0.3 is 0 Å². The molecular formula is C33H41N3O4S. The Morgan fingerprint density at radius 2 is 1.78 bits per heavy atom. The Hall–Kier alpha value is -3.39. The van der Waals surface area contributed by atoms with Gasteiger partial charge in [0, 0.05) is 18.3 Å². The summed E-state index contributed by atoms with van der Waals surface area (Å²) in [6.07, 6.45) is 6.69. The van der Waals surface area contributed by atoms with Gasteiger partial charge in [0.2, 0.25) is 10.0 Å². The van der Waals surface area contributed by atoms with Crippen LogP contribution in [0.1, 0.15) is 76.0 Å². The molecule has 1 fully saturated rings. The Morgan fingerprint density at radius 3 is 2.49 bits per heavy atom. The van der Waals surface area contributed by atoms with Crippen molar-refractivity contribution in [2.45, 2.75) is 71.1 Å². The lowest BCUT2D eigenvalue weighted by Crippen LogP contribution is -2.51. The van der Waals surface area contributed by atoms with Crippen molar-refractivity contribution in [2.24, 2.45) is 11.3 Å². The number of sulfonamides is 1. The van der Waals surface area contributed by atoms with Crippen LogP contribution in [0.4, 0.5) is 17.1 Å². The minimum Gasteiger partial charge on any atom is -0.379 e. The summed E-state index contributed by atoms with van der Waals surface area (Å²) >= 11 is 0. The van der Waals surface area contributed by atoms with Crippen LogP contribution in [0, 0.1) is 21.4 Å². The number of anilines is 2. The fourth-order valence-electron chi connectivity index (χ4n) is 7.50. The molecule has 5 rings (SSSR count). The summed E-state index contributed by atoms with van der Waals surface area (Å²) < 4.78 is 25.8. The maximum Gasteiger partial charge on any atom is 0.292 e. The smallest absolute Gasteiger partial charge is 0.292 e. The summed E-state index contributed by atoms with van der Waals surface area (Å²) in [5, 5.41) is 15.6. The number of hydrogen-bond donors (Lipinski definition) is 2. The van der Waals surface area contributed by atoms with Gasteiger partial charge in [-0.3, -0.25) is 14.8 Å². The molecule has 2 N–H and O–H groups in total. The molecule has 0 aromatic heterocycles. The topological polar surface area (TPSA) is 101 Å². The van der Waals surface area contributed by atoms with Gasteiger partial charge in [-0.25, -0.2) is 8.42 Å². The van der Waals surface area contributed by atoms with Crippen molar-refractivity contribution in [1.82, 2.24) is 0 Å². The van der Waals surface area contributed by atoms with Crippen LogP contribution in [0.2, 0.25) is 0 Å². The fraction of sp³-hybridized carbons (Fsp3) is 0.455. The average molecular weight is 576 g/mol. The van der Waals surface area contributed by atoms with Gasteiger partial charge in [-0.05, 0) is 94.4 Å².